The van der Waals surface area contributed by atoms with E-state index in [-0.39, 0.29) is 11.9 Å². The number of nitrogens with zero attached hydrogens (tertiary/aromatic N) is 1. The number of carbonyl (C=O) groups excluding carboxylic acids is 1. The molecule has 1 fully saturated rings. The van der Waals surface area contributed by atoms with Crippen molar-refractivity contribution in [1.29, 1.82) is 0 Å². The fourth-order valence-corrected chi connectivity index (χ4v) is 2.91. The Morgan fingerprint density at radius 3 is 3.00 bits per heavy atom. The number of hydrogen-bond donors (Lipinski definition) is 2. The summed E-state index contributed by atoms with van der Waals surface area (Å²) in [5.41, 5.74) is 2.18. The summed E-state index contributed by atoms with van der Waals surface area (Å²) in [5.74, 6) is 0.218. The van der Waals surface area contributed by atoms with E-state index >= 15 is 0 Å². The van der Waals surface area contributed by atoms with Gasteiger partial charge in [-0.3, -0.25) is 4.79 Å². The summed E-state index contributed by atoms with van der Waals surface area (Å²) in [6.07, 6.45) is 2.43. The lowest BCUT2D eigenvalue weighted by atomic mass is 10.1. The van der Waals surface area contributed by atoms with Crippen LogP contribution in [0.25, 0.3) is 10.9 Å². The van der Waals surface area contributed by atoms with Crippen molar-refractivity contribution in [2.24, 2.45) is 0 Å². The largest absolute Gasteiger partial charge is 0.361 e. The topological polar surface area (TPSA) is 48.1 Å². The first-order valence-corrected chi connectivity index (χ1v) is 7.23. The van der Waals surface area contributed by atoms with E-state index in [0.29, 0.717) is 12.5 Å². The lowest BCUT2D eigenvalue weighted by Gasteiger charge is -2.37. The van der Waals surface area contributed by atoms with Crippen LogP contribution in [0.2, 0.25) is 0 Å². The zero-order valence-corrected chi connectivity index (χ0v) is 12.0. The van der Waals surface area contributed by atoms with Crippen molar-refractivity contribution in [2.45, 2.75) is 32.4 Å². The maximum Gasteiger partial charge on any atom is 0.227 e. The molecule has 0 spiro atoms. The monoisotopic (exact) mass is 271 g/mol. The number of carbonyl (C=O) groups is 1. The predicted molar refractivity (Wildman–Crippen MR) is 80.6 cm³/mol. The van der Waals surface area contributed by atoms with Gasteiger partial charge in [0.1, 0.15) is 0 Å². The van der Waals surface area contributed by atoms with E-state index in [4.69, 9.17) is 0 Å². The molecular weight excluding hydrogens is 250 g/mol. The minimum Gasteiger partial charge on any atom is -0.361 e. The summed E-state index contributed by atoms with van der Waals surface area (Å²) in [7, 11) is 0. The highest BCUT2D eigenvalue weighted by molar-refractivity contribution is 5.89. The fourth-order valence-electron chi connectivity index (χ4n) is 2.91. The second-order valence-electron chi connectivity index (χ2n) is 5.74. The molecule has 1 aliphatic rings. The molecule has 2 heterocycles. The van der Waals surface area contributed by atoms with Crippen LogP contribution in [0.1, 0.15) is 19.4 Å². The molecule has 0 bridgehead atoms. The van der Waals surface area contributed by atoms with Crippen molar-refractivity contribution in [3.05, 3.63) is 36.0 Å². The van der Waals surface area contributed by atoms with Crippen LogP contribution in [0, 0.1) is 0 Å². The van der Waals surface area contributed by atoms with Crippen molar-refractivity contribution < 1.29 is 4.79 Å². The zero-order valence-electron chi connectivity index (χ0n) is 12.0. The molecule has 1 aliphatic heterocycles. The van der Waals surface area contributed by atoms with Gasteiger partial charge in [0.05, 0.1) is 6.42 Å². The normalized spacial score (nSPS) is 23.2. The smallest absolute Gasteiger partial charge is 0.227 e. The van der Waals surface area contributed by atoms with Gasteiger partial charge >= 0.3 is 0 Å². The molecule has 4 nitrogen and oxygen atoms in total. The molecule has 3 rings (SSSR count). The molecule has 0 radical (unpaired) electrons. The Kier molecular flexibility index (Phi) is 3.49. The van der Waals surface area contributed by atoms with Gasteiger partial charge in [-0.05, 0) is 25.5 Å². The number of fused-ring (bicyclic) bond motifs is 1. The van der Waals surface area contributed by atoms with Gasteiger partial charge in [-0.2, -0.15) is 0 Å². The first-order chi connectivity index (χ1) is 9.65. The summed E-state index contributed by atoms with van der Waals surface area (Å²) in [6.45, 7) is 5.90. The molecule has 1 aromatic carbocycles. The number of para-hydroxylation sites is 1. The van der Waals surface area contributed by atoms with Crippen LogP contribution >= 0.6 is 0 Å². The Bertz CT molecular complexity index is 619. The second-order valence-corrected chi connectivity index (χ2v) is 5.74. The van der Waals surface area contributed by atoms with E-state index in [1.54, 1.807) is 0 Å². The Morgan fingerprint density at radius 2 is 2.15 bits per heavy atom. The van der Waals surface area contributed by atoms with Crippen LogP contribution in [-0.4, -0.2) is 41.0 Å². The van der Waals surface area contributed by atoms with Crippen molar-refractivity contribution >= 4 is 16.8 Å². The molecule has 1 aromatic heterocycles. The summed E-state index contributed by atoms with van der Waals surface area (Å²) in [4.78, 5) is 17.8. The van der Waals surface area contributed by atoms with Crippen molar-refractivity contribution in [3.8, 4) is 0 Å². The van der Waals surface area contributed by atoms with Crippen LogP contribution in [0.5, 0.6) is 0 Å². The number of hydrogen-bond acceptors (Lipinski definition) is 2. The van der Waals surface area contributed by atoms with E-state index in [2.05, 4.69) is 30.2 Å². The molecule has 2 atom stereocenters. The standard InChI is InChI=1S/C16H21N3O/c1-11-10-19(12(2)8-17-11)16(20)7-13-9-18-15-6-4-3-5-14(13)15/h3-6,9,11-12,17-18H,7-8,10H2,1-2H3. The molecular formula is C16H21N3O. The molecule has 1 amide bonds. The predicted octanol–water partition coefficient (Wildman–Crippen LogP) is 1.92. The zero-order chi connectivity index (χ0) is 14.1. The first kappa shape index (κ1) is 13.2. The highest BCUT2D eigenvalue weighted by atomic mass is 16.2. The van der Waals surface area contributed by atoms with E-state index in [9.17, 15) is 4.79 Å². The minimum absolute atomic E-state index is 0.218. The van der Waals surface area contributed by atoms with Crippen LogP contribution < -0.4 is 5.32 Å². The van der Waals surface area contributed by atoms with Crippen molar-refractivity contribution in [2.75, 3.05) is 13.1 Å². The summed E-state index contributed by atoms with van der Waals surface area (Å²) in [6, 6.07) is 8.77. The molecule has 2 N–H and O–H groups in total. The Balaban J connectivity index is 1.78. The fraction of sp³-hybridized carbons (Fsp3) is 0.438. The van der Waals surface area contributed by atoms with Gasteiger partial charge in [-0.25, -0.2) is 0 Å². The average molecular weight is 271 g/mol. The van der Waals surface area contributed by atoms with Crippen molar-refractivity contribution in [1.82, 2.24) is 15.2 Å². The van der Waals surface area contributed by atoms with E-state index in [1.807, 2.05) is 29.3 Å². The number of nitrogens with one attached hydrogen (secondary N) is 2. The second kappa shape index (κ2) is 5.29. The third kappa shape index (κ3) is 2.43. The number of rotatable bonds is 2. The Hall–Kier alpha value is -1.81. The highest BCUT2D eigenvalue weighted by Gasteiger charge is 2.26. The number of benzene rings is 1. The maximum atomic E-state index is 12.5. The quantitative estimate of drug-likeness (QED) is 0.876. The van der Waals surface area contributed by atoms with E-state index in [0.717, 1.165) is 29.6 Å². The van der Waals surface area contributed by atoms with Crippen LogP contribution in [0.3, 0.4) is 0 Å². The molecule has 2 aromatic rings. The molecule has 20 heavy (non-hydrogen) atoms. The van der Waals surface area contributed by atoms with Crippen molar-refractivity contribution in [3.63, 3.8) is 0 Å². The molecule has 0 saturated carbocycles. The molecule has 2 unspecified atom stereocenters. The average Bonchev–Trinajstić information content (AvgIpc) is 2.85. The Labute approximate surface area is 119 Å². The van der Waals surface area contributed by atoms with Gasteiger partial charge in [0.15, 0.2) is 0 Å². The number of amides is 1. The number of H-pyrrole nitrogens is 1. The third-order valence-corrected chi connectivity index (χ3v) is 4.10. The van der Waals surface area contributed by atoms with Gasteiger partial charge in [-0.1, -0.05) is 18.2 Å². The summed E-state index contributed by atoms with van der Waals surface area (Å²) in [5, 5.41) is 4.55. The molecule has 4 heteroatoms. The summed E-state index contributed by atoms with van der Waals surface area (Å²) >= 11 is 0. The van der Waals surface area contributed by atoms with Gasteiger partial charge in [0.25, 0.3) is 0 Å². The van der Waals surface area contributed by atoms with Crippen LogP contribution in [0.4, 0.5) is 0 Å². The third-order valence-electron chi connectivity index (χ3n) is 4.10. The van der Waals surface area contributed by atoms with E-state index < -0.39 is 0 Å². The lowest BCUT2D eigenvalue weighted by molar-refractivity contribution is -0.133. The minimum atomic E-state index is 0.218. The lowest BCUT2D eigenvalue weighted by Crippen LogP contribution is -2.56. The van der Waals surface area contributed by atoms with Gasteiger partial charge < -0.3 is 15.2 Å². The SMILES string of the molecule is CC1CN(C(=O)Cc2c[nH]c3ccccc23)C(C)CN1. The van der Waals surface area contributed by atoms with Crippen LogP contribution in [0.15, 0.2) is 30.5 Å². The highest BCUT2D eigenvalue weighted by Crippen LogP contribution is 2.19. The first-order valence-electron chi connectivity index (χ1n) is 7.23. The number of piperazine rings is 1. The van der Waals surface area contributed by atoms with E-state index in [1.165, 1.54) is 0 Å². The molecule has 106 valence electrons. The summed E-state index contributed by atoms with van der Waals surface area (Å²) < 4.78 is 0. The van der Waals surface area contributed by atoms with Gasteiger partial charge in [0.2, 0.25) is 5.91 Å². The maximum absolute atomic E-state index is 12.5. The number of aromatic amines is 1. The van der Waals surface area contributed by atoms with Crippen LogP contribution in [-0.2, 0) is 11.2 Å². The Morgan fingerprint density at radius 1 is 1.35 bits per heavy atom. The van der Waals surface area contributed by atoms with Gasteiger partial charge in [-0.15, -0.1) is 0 Å². The number of aromatic nitrogens is 1. The molecule has 0 aliphatic carbocycles. The van der Waals surface area contributed by atoms with Gasteiger partial charge in [0, 0.05) is 42.3 Å². The molecule has 1 saturated heterocycles.